The third-order valence-corrected chi connectivity index (χ3v) is 6.31. The smallest absolute Gasteiger partial charge is 0.227 e. The molecule has 2 saturated heterocycles. The Bertz CT molecular complexity index is 912. The average molecular weight is 437 g/mol. The number of ether oxygens (including phenoxy) is 1. The van der Waals surface area contributed by atoms with Crippen LogP contribution in [-0.4, -0.2) is 74.5 Å². The number of piperazine rings is 1. The molecule has 2 aliphatic heterocycles. The molecule has 2 heterocycles. The van der Waals surface area contributed by atoms with Crippen molar-refractivity contribution < 1.29 is 14.3 Å². The van der Waals surface area contributed by atoms with Crippen LogP contribution in [0.25, 0.3) is 0 Å². The second kappa shape index (κ2) is 10.6. The summed E-state index contributed by atoms with van der Waals surface area (Å²) in [4.78, 5) is 31.7. The van der Waals surface area contributed by atoms with Crippen molar-refractivity contribution in [2.24, 2.45) is 5.92 Å². The zero-order valence-electron chi connectivity index (χ0n) is 18.7. The lowest BCUT2D eigenvalue weighted by atomic mass is 10.1. The number of benzene rings is 2. The van der Waals surface area contributed by atoms with Crippen LogP contribution in [0.2, 0.25) is 0 Å². The van der Waals surface area contributed by atoms with Crippen LogP contribution in [0.15, 0.2) is 54.6 Å². The molecule has 1 N–H and O–H groups in total. The van der Waals surface area contributed by atoms with Crippen molar-refractivity contribution in [2.75, 3.05) is 57.8 Å². The Kier molecular flexibility index (Phi) is 7.39. The molecule has 4 rings (SSSR count). The predicted molar refractivity (Wildman–Crippen MR) is 125 cm³/mol. The number of carbonyl (C=O) groups excluding carboxylic acids is 2. The van der Waals surface area contributed by atoms with E-state index in [4.69, 9.17) is 4.74 Å². The molecule has 7 nitrogen and oxygen atoms in total. The highest BCUT2D eigenvalue weighted by molar-refractivity contribution is 6.01. The molecular weight excluding hydrogens is 404 g/mol. The molecule has 2 fully saturated rings. The van der Waals surface area contributed by atoms with E-state index in [0.717, 1.165) is 45.0 Å². The fourth-order valence-corrected chi connectivity index (χ4v) is 4.46. The molecule has 0 aromatic heterocycles. The van der Waals surface area contributed by atoms with Gasteiger partial charge in [-0.15, -0.1) is 0 Å². The van der Waals surface area contributed by atoms with Gasteiger partial charge in [0.1, 0.15) is 5.75 Å². The molecular formula is C25H32N4O3. The summed E-state index contributed by atoms with van der Waals surface area (Å²) < 4.78 is 5.37. The summed E-state index contributed by atoms with van der Waals surface area (Å²) in [5, 5.41) is 3.04. The molecule has 2 amide bonds. The molecule has 170 valence electrons. The standard InChI is InChI=1S/C25H32N4O3/c1-32-23-10-6-5-9-22(23)29-19-21(17-24(29)30)25(31)26-11-12-27-13-15-28(16-14-27)18-20-7-3-2-4-8-20/h2-10,21H,11-19H2,1H3,(H,26,31). The number of nitrogens with zero attached hydrogens (tertiary/aromatic N) is 3. The Morgan fingerprint density at radius 1 is 1.00 bits per heavy atom. The Hall–Kier alpha value is -2.90. The largest absolute Gasteiger partial charge is 0.495 e. The predicted octanol–water partition coefficient (Wildman–Crippen LogP) is 1.98. The number of amides is 2. The zero-order chi connectivity index (χ0) is 22.3. The third-order valence-electron chi connectivity index (χ3n) is 6.31. The molecule has 0 spiro atoms. The highest BCUT2D eigenvalue weighted by Crippen LogP contribution is 2.32. The molecule has 1 unspecified atom stereocenters. The van der Waals surface area contributed by atoms with Crippen molar-refractivity contribution in [2.45, 2.75) is 13.0 Å². The van der Waals surface area contributed by atoms with Crippen molar-refractivity contribution in [3.8, 4) is 5.75 Å². The van der Waals surface area contributed by atoms with Crippen LogP contribution >= 0.6 is 0 Å². The van der Waals surface area contributed by atoms with Gasteiger partial charge in [-0.2, -0.15) is 0 Å². The Morgan fingerprint density at radius 2 is 1.69 bits per heavy atom. The average Bonchev–Trinajstić information content (AvgIpc) is 3.22. The van der Waals surface area contributed by atoms with Crippen LogP contribution in [-0.2, 0) is 16.1 Å². The molecule has 2 aromatic rings. The van der Waals surface area contributed by atoms with Crippen LogP contribution < -0.4 is 15.0 Å². The van der Waals surface area contributed by atoms with Crippen molar-refractivity contribution in [3.63, 3.8) is 0 Å². The van der Waals surface area contributed by atoms with Gasteiger partial charge in [-0.3, -0.25) is 19.4 Å². The molecule has 2 aliphatic rings. The first-order chi connectivity index (χ1) is 15.6. The molecule has 0 bridgehead atoms. The number of para-hydroxylation sites is 2. The number of anilines is 1. The fraction of sp³-hybridized carbons (Fsp3) is 0.440. The Labute approximate surface area is 189 Å². The number of hydrogen-bond acceptors (Lipinski definition) is 5. The molecule has 0 aliphatic carbocycles. The Balaban J connectivity index is 1.18. The summed E-state index contributed by atoms with van der Waals surface area (Å²) in [6.45, 7) is 6.91. The van der Waals surface area contributed by atoms with Crippen LogP contribution in [0.4, 0.5) is 5.69 Å². The number of methoxy groups -OCH3 is 1. The van der Waals surface area contributed by atoms with Gasteiger partial charge in [0.05, 0.1) is 18.7 Å². The van der Waals surface area contributed by atoms with Crippen LogP contribution in [0, 0.1) is 5.92 Å². The van der Waals surface area contributed by atoms with Crippen molar-refractivity contribution >= 4 is 17.5 Å². The molecule has 2 aromatic carbocycles. The summed E-state index contributed by atoms with van der Waals surface area (Å²) in [7, 11) is 1.59. The lowest BCUT2D eigenvalue weighted by Gasteiger charge is -2.34. The minimum atomic E-state index is -0.324. The van der Waals surface area contributed by atoms with E-state index in [1.165, 1.54) is 5.56 Å². The van der Waals surface area contributed by atoms with Crippen molar-refractivity contribution in [3.05, 3.63) is 60.2 Å². The van der Waals surface area contributed by atoms with Gasteiger partial charge in [0, 0.05) is 58.8 Å². The highest BCUT2D eigenvalue weighted by atomic mass is 16.5. The first kappa shape index (κ1) is 22.3. The van der Waals surface area contributed by atoms with E-state index in [1.807, 2.05) is 30.3 Å². The number of nitrogens with one attached hydrogen (secondary N) is 1. The van der Waals surface area contributed by atoms with Crippen molar-refractivity contribution in [1.82, 2.24) is 15.1 Å². The topological polar surface area (TPSA) is 65.1 Å². The van der Waals surface area contributed by atoms with Gasteiger partial charge in [0.15, 0.2) is 0 Å². The monoisotopic (exact) mass is 436 g/mol. The minimum absolute atomic E-state index is 0.0378. The second-order valence-electron chi connectivity index (χ2n) is 8.47. The molecule has 0 radical (unpaired) electrons. The normalized spacial score (nSPS) is 19.8. The number of carbonyl (C=O) groups is 2. The summed E-state index contributed by atoms with van der Waals surface area (Å²) >= 11 is 0. The van der Waals surface area contributed by atoms with Gasteiger partial charge in [0.25, 0.3) is 0 Å². The van der Waals surface area contributed by atoms with E-state index < -0.39 is 0 Å². The SMILES string of the molecule is COc1ccccc1N1CC(C(=O)NCCN2CCN(Cc3ccccc3)CC2)CC1=O. The van der Waals surface area contributed by atoms with Gasteiger partial charge < -0.3 is 15.0 Å². The zero-order valence-corrected chi connectivity index (χ0v) is 18.7. The number of rotatable bonds is 8. The molecule has 1 atom stereocenters. The minimum Gasteiger partial charge on any atom is -0.495 e. The first-order valence-corrected chi connectivity index (χ1v) is 11.3. The second-order valence-corrected chi connectivity index (χ2v) is 8.47. The lowest BCUT2D eigenvalue weighted by Crippen LogP contribution is -2.48. The fourth-order valence-electron chi connectivity index (χ4n) is 4.46. The quantitative estimate of drug-likeness (QED) is 0.686. The van der Waals surface area contributed by atoms with E-state index in [-0.39, 0.29) is 24.2 Å². The van der Waals surface area contributed by atoms with E-state index in [0.29, 0.717) is 18.8 Å². The van der Waals surface area contributed by atoms with E-state index in [9.17, 15) is 9.59 Å². The summed E-state index contributed by atoms with van der Waals surface area (Å²) in [5.74, 6) is 0.242. The molecule has 32 heavy (non-hydrogen) atoms. The van der Waals surface area contributed by atoms with Crippen LogP contribution in [0.5, 0.6) is 5.75 Å². The van der Waals surface area contributed by atoms with E-state index >= 15 is 0 Å². The van der Waals surface area contributed by atoms with Gasteiger partial charge >= 0.3 is 0 Å². The number of hydrogen-bond donors (Lipinski definition) is 1. The van der Waals surface area contributed by atoms with Gasteiger partial charge in [0.2, 0.25) is 11.8 Å². The van der Waals surface area contributed by atoms with Gasteiger partial charge in [-0.1, -0.05) is 42.5 Å². The maximum atomic E-state index is 12.7. The van der Waals surface area contributed by atoms with E-state index in [1.54, 1.807) is 12.0 Å². The maximum Gasteiger partial charge on any atom is 0.227 e. The van der Waals surface area contributed by atoms with Gasteiger partial charge in [-0.25, -0.2) is 0 Å². The van der Waals surface area contributed by atoms with Crippen LogP contribution in [0.3, 0.4) is 0 Å². The van der Waals surface area contributed by atoms with E-state index in [2.05, 4.69) is 39.4 Å². The molecule has 0 saturated carbocycles. The summed E-state index contributed by atoms with van der Waals surface area (Å²) in [6, 6.07) is 18.0. The van der Waals surface area contributed by atoms with Gasteiger partial charge in [-0.05, 0) is 17.7 Å². The lowest BCUT2D eigenvalue weighted by molar-refractivity contribution is -0.126. The third kappa shape index (κ3) is 5.47. The highest BCUT2D eigenvalue weighted by Gasteiger charge is 2.36. The Morgan fingerprint density at radius 3 is 2.44 bits per heavy atom. The summed E-state index contributed by atoms with van der Waals surface area (Å²) in [6.07, 6.45) is 0.238. The molecule has 7 heteroatoms. The summed E-state index contributed by atoms with van der Waals surface area (Å²) in [5.41, 5.74) is 2.07. The maximum absolute atomic E-state index is 12.7. The van der Waals surface area contributed by atoms with Crippen molar-refractivity contribution in [1.29, 1.82) is 0 Å². The van der Waals surface area contributed by atoms with Crippen LogP contribution in [0.1, 0.15) is 12.0 Å². The first-order valence-electron chi connectivity index (χ1n) is 11.3.